The predicted octanol–water partition coefficient (Wildman–Crippen LogP) is 2.69. The first-order valence-electron chi connectivity index (χ1n) is 7.88. The molecule has 0 saturated carbocycles. The van der Waals surface area contributed by atoms with Crippen molar-refractivity contribution in [2.24, 2.45) is 0 Å². The number of anilines is 1. The number of benzene rings is 1. The van der Waals surface area contributed by atoms with Gasteiger partial charge in [-0.3, -0.25) is 10.1 Å². The van der Waals surface area contributed by atoms with E-state index in [1.54, 1.807) is 23.9 Å². The smallest absolute Gasteiger partial charge is 0.257 e. The minimum Gasteiger partial charge on any atom is -0.296 e. The van der Waals surface area contributed by atoms with Crippen molar-refractivity contribution >= 4 is 44.2 Å². The second-order valence-electron chi connectivity index (χ2n) is 5.40. The maximum absolute atomic E-state index is 12.6. The molecule has 1 aromatic heterocycles. The van der Waals surface area contributed by atoms with Crippen LogP contribution in [0.4, 0.5) is 5.13 Å². The van der Waals surface area contributed by atoms with E-state index in [1.807, 2.05) is 6.92 Å². The lowest BCUT2D eigenvalue weighted by Crippen LogP contribution is -2.28. The minimum absolute atomic E-state index is 0.140. The second-order valence-corrected chi connectivity index (χ2v) is 9.83. The molecule has 1 aromatic carbocycles. The normalized spacial score (nSPS) is 15.4. The first-order chi connectivity index (χ1) is 12.0. The number of sulfonamides is 1. The molecule has 0 atom stereocenters. The third-order valence-electron chi connectivity index (χ3n) is 3.69. The Morgan fingerprint density at radius 3 is 2.80 bits per heavy atom. The molecular weight excluding hydrogens is 380 g/mol. The molecule has 2 aromatic rings. The number of hydrogen-bond acceptors (Lipinski definition) is 7. The Balaban J connectivity index is 1.77. The van der Waals surface area contributed by atoms with Gasteiger partial charge in [0.15, 0.2) is 4.34 Å². The van der Waals surface area contributed by atoms with Gasteiger partial charge in [-0.25, -0.2) is 8.42 Å². The van der Waals surface area contributed by atoms with Crippen molar-refractivity contribution in [3.05, 3.63) is 29.8 Å². The molecule has 1 aliphatic rings. The summed E-state index contributed by atoms with van der Waals surface area (Å²) in [5, 5.41) is 11.0. The van der Waals surface area contributed by atoms with Crippen LogP contribution in [-0.2, 0) is 10.0 Å². The minimum atomic E-state index is -3.55. The number of aromatic nitrogens is 2. The quantitative estimate of drug-likeness (QED) is 0.594. The molecule has 0 radical (unpaired) electrons. The summed E-state index contributed by atoms with van der Waals surface area (Å²) in [5.74, 6) is 0.474. The fraction of sp³-hybridized carbons (Fsp3) is 0.400. The van der Waals surface area contributed by atoms with Gasteiger partial charge in [-0.05, 0) is 36.8 Å². The van der Waals surface area contributed by atoms with E-state index in [1.165, 1.54) is 27.8 Å². The molecule has 3 rings (SSSR count). The van der Waals surface area contributed by atoms with Crippen LogP contribution in [-0.4, -0.2) is 47.7 Å². The summed E-state index contributed by atoms with van der Waals surface area (Å²) in [6.07, 6.45) is 1.74. The lowest BCUT2D eigenvalue weighted by Gasteiger charge is -2.15. The summed E-state index contributed by atoms with van der Waals surface area (Å²) >= 11 is 2.84. The van der Waals surface area contributed by atoms with Crippen molar-refractivity contribution in [2.75, 3.05) is 24.2 Å². The molecule has 134 valence electrons. The maximum Gasteiger partial charge on any atom is 0.257 e. The monoisotopic (exact) mass is 398 g/mol. The molecule has 10 heteroatoms. The Kier molecular flexibility index (Phi) is 5.72. The van der Waals surface area contributed by atoms with Crippen molar-refractivity contribution in [3.63, 3.8) is 0 Å². The van der Waals surface area contributed by atoms with E-state index >= 15 is 0 Å². The van der Waals surface area contributed by atoms with Crippen molar-refractivity contribution < 1.29 is 13.2 Å². The van der Waals surface area contributed by atoms with Crippen LogP contribution in [0.2, 0.25) is 0 Å². The molecule has 25 heavy (non-hydrogen) atoms. The molecule has 1 fully saturated rings. The number of nitrogens with one attached hydrogen (secondary N) is 1. The average molecular weight is 399 g/mol. The van der Waals surface area contributed by atoms with E-state index in [2.05, 4.69) is 15.5 Å². The van der Waals surface area contributed by atoms with Crippen molar-refractivity contribution in [1.29, 1.82) is 0 Å². The number of carbonyl (C=O) groups is 1. The summed E-state index contributed by atoms with van der Waals surface area (Å²) in [5.41, 5.74) is 0.278. The molecular formula is C15H18N4O3S3. The Labute approximate surface area is 154 Å². The van der Waals surface area contributed by atoms with Crippen LogP contribution in [0.15, 0.2) is 33.5 Å². The van der Waals surface area contributed by atoms with Gasteiger partial charge in [-0.2, -0.15) is 4.31 Å². The molecule has 7 nitrogen and oxygen atoms in total. The summed E-state index contributed by atoms with van der Waals surface area (Å²) in [6.45, 7) is 3.07. The number of rotatable bonds is 6. The zero-order chi connectivity index (χ0) is 17.9. The second kappa shape index (κ2) is 7.81. The molecule has 1 N–H and O–H groups in total. The highest BCUT2D eigenvalue weighted by atomic mass is 32.2. The zero-order valence-corrected chi connectivity index (χ0v) is 16.1. The molecule has 2 heterocycles. The molecule has 0 bridgehead atoms. The summed E-state index contributed by atoms with van der Waals surface area (Å²) in [4.78, 5) is 12.5. The third-order valence-corrected chi connectivity index (χ3v) is 7.44. The van der Waals surface area contributed by atoms with E-state index in [-0.39, 0.29) is 10.5 Å². The van der Waals surface area contributed by atoms with Gasteiger partial charge >= 0.3 is 0 Å². The van der Waals surface area contributed by atoms with Gasteiger partial charge in [-0.1, -0.05) is 36.1 Å². The first kappa shape index (κ1) is 18.3. The molecule has 0 aliphatic carbocycles. The van der Waals surface area contributed by atoms with E-state index in [4.69, 9.17) is 0 Å². The van der Waals surface area contributed by atoms with Crippen LogP contribution >= 0.6 is 23.1 Å². The fourth-order valence-electron chi connectivity index (χ4n) is 2.49. The largest absolute Gasteiger partial charge is 0.296 e. The topological polar surface area (TPSA) is 92.3 Å². The average Bonchev–Trinajstić information content (AvgIpc) is 3.28. The number of amides is 1. The summed E-state index contributed by atoms with van der Waals surface area (Å²) < 4.78 is 27.5. The van der Waals surface area contributed by atoms with E-state index < -0.39 is 15.9 Å². The lowest BCUT2D eigenvalue weighted by atomic mass is 10.2. The van der Waals surface area contributed by atoms with E-state index in [0.717, 1.165) is 22.9 Å². The van der Waals surface area contributed by atoms with E-state index in [0.29, 0.717) is 18.2 Å². The van der Waals surface area contributed by atoms with Crippen LogP contribution in [0, 0.1) is 0 Å². The number of hydrogen-bond donors (Lipinski definition) is 1. The fourth-order valence-corrected chi connectivity index (χ4v) is 5.69. The first-order valence-corrected chi connectivity index (χ1v) is 11.1. The van der Waals surface area contributed by atoms with Crippen LogP contribution in [0.25, 0.3) is 0 Å². The SMILES string of the molecule is CCSc1nnc(NC(=O)c2cccc(S(=O)(=O)N3CCCC3)c2)s1. The van der Waals surface area contributed by atoms with Crippen molar-refractivity contribution in [2.45, 2.75) is 29.0 Å². The standard InChI is InChI=1S/C15H18N4O3S3/c1-2-23-15-18-17-14(24-15)16-13(20)11-6-5-7-12(10-11)25(21,22)19-8-3-4-9-19/h5-7,10H,2-4,8-9H2,1H3,(H,16,17,20). The number of thioether (sulfide) groups is 1. The van der Waals surface area contributed by atoms with E-state index in [9.17, 15) is 13.2 Å². The zero-order valence-electron chi connectivity index (χ0n) is 13.6. The summed E-state index contributed by atoms with van der Waals surface area (Å²) in [6, 6.07) is 6.09. The third kappa shape index (κ3) is 4.20. The van der Waals surface area contributed by atoms with Gasteiger partial charge in [0.2, 0.25) is 15.2 Å². The molecule has 1 amide bonds. The Bertz CT molecular complexity index is 860. The number of nitrogens with zero attached hydrogens (tertiary/aromatic N) is 3. The van der Waals surface area contributed by atoms with Gasteiger partial charge in [0.1, 0.15) is 0 Å². The summed E-state index contributed by atoms with van der Waals surface area (Å²) in [7, 11) is -3.55. The highest BCUT2D eigenvalue weighted by Crippen LogP contribution is 2.26. The molecule has 1 aliphatic heterocycles. The van der Waals surface area contributed by atoms with Gasteiger partial charge < -0.3 is 0 Å². The predicted molar refractivity (Wildman–Crippen MR) is 98.7 cm³/mol. The number of carbonyl (C=O) groups excluding carboxylic acids is 1. The van der Waals surface area contributed by atoms with Gasteiger partial charge in [0.25, 0.3) is 5.91 Å². The highest BCUT2D eigenvalue weighted by Gasteiger charge is 2.27. The van der Waals surface area contributed by atoms with Crippen LogP contribution in [0.3, 0.4) is 0 Å². The van der Waals surface area contributed by atoms with Crippen molar-refractivity contribution in [3.8, 4) is 0 Å². The molecule has 0 spiro atoms. The van der Waals surface area contributed by atoms with Gasteiger partial charge in [0, 0.05) is 18.7 Å². The Hall–Kier alpha value is -1.49. The molecule has 0 unspecified atom stereocenters. The van der Waals surface area contributed by atoms with Gasteiger partial charge in [0.05, 0.1) is 4.90 Å². The van der Waals surface area contributed by atoms with Gasteiger partial charge in [-0.15, -0.1) is 10.2 Å². The maximum atomic E-state index is 12.6. The Morgan fingerprint density at radius 1 is 1.32 bits per heavy atom. The highest BCUT2D eigenvalue weighted by molar-refractivity contribution is 8.01. The van der Waals surface area contributed by atoms with Crippen molar-refractivity contribution in [1.82, 2.24) is 14.5 Å². The molecule has 1 saturated heterocycles. The van der Waals surface area contributed by atoms with Crippen LogP contribution in [0.1, 0.15) is 30.1 Å². The van der Waals surface area contributed by atoms with Crippen LogP contribution < -0.4 is 5.32 Å². The van der Waals surface area contributed by atoms with Crippen LogP contribution in [0.5, 0.6) is 0 Å². The lowest BCUT2D eigenvalue weighted by molar-refractivity contribution is 0.102. The Morgan fingerprint density at radius 2 is 2.08 bits per heavy atom.